The van der Waals surface area contributed by atoms with Gasteiger partial charge in [-0.15, -0.1) is 11.8 Å². The standard InChI is InChI=1S/C11H13BrO2S/c1-11(2,10(13)14)15-7-8-5-3-4-6-9(8)12/h3-6H,7H2,1-2H3,(H,13,14). The first kappa shape index (κ1) is 12.6. The van der Waals surface area contributed by atoms with E-state index >= 15 is 0 Å². The van der Waals surface area contributed by atoms with Crippen molar-refractivity contribution in [1.82, 2.24) is 0 Å². The summed E-state index contributed by atoms with van der Waals surface area (Å²) in [6, 6.07) is 7.85. The third-order valence-corrected chi connectivity index (χ3v) is 4.19. The fourth-order valence-corrected chi connectivity index (χ4v) is 2.44. The minimum Gasteiger partial charge on any atom is -0.480 e. The molecule has 1 aromatic carbocycles. The summed E-state index contributed by atoms with van der Waals surface area (Å²) in [5.74, 6) is -0.0830. The minimum absolute atomic E-state index is 0.695. The van der Waals surface area contributed by atoms with Gasteiger partial charge in [-0.1, -0.05) is 34.1 Å². The maximum absolute atomic E-state index is 10.9. The average Bonchev–Trinajstić information content (AvgIpc) is 2.16. The predicted octanol–water partition coefficient (Wildman–Crippen LogP) is 3.55. The van der Waals surface area contributed by atoms with Gasteiger partial charge < -0.3 is 5.11 Å². The van der Waals surface area contributed by atoms with E-state index in [2.05, 4.69) is 15.9 Å². The molecular weight excluding hydrogens is 276 g/mol. The minimum atomic E-state index is -0.778. The second-order valence-corrected chi connectivity index (χ2v) is 6.15. The van der Waals surface area contributed by atoms with E-state index in [-0.39, 0.29) is 0 Å². The molecule has 1 N–H and O–H groups in total. The number of carbonyl (C=O) groups is 1. The number of rotatable bonds is 4. The smallest absolute Gasteiger partial charge is 0.319 e. The number of hydrogen-bond donors (Lipinski definition) is 1. The molecule has 82 valence electrons. The van der Waals surface area contributed by atoms with E-state index in [0.717, 1.165) is 10.0 Å². The molecule has 1 aromatic rings. The average molecular weight is 289 g/mol. The maximum Gasteiger partial charge on any atom is 0.319 e. The van der Waals surface area contributed by atoms with Crippen molar-refractivity contribution < 1.29 is 9.90 Å². The van der Waals surface area contributed by atoms with Crippen molar-refractivity contribution in [1.29, 1.82) is 0 Å². The van der Waals surface area contributed by atoms with Crippen molar-refractivity contribution in [3.8, 4) is 0 Å². The van der Waals surface area contributed by atoms with Crippen molar-refractivity contribution in [3.05, 3.63) is 34.3 Å². The van der Waals surface area contributed by atoms with Crippen LogP contribution in [-0.4, -0.2) is 15.8 Å². The highest BCUT2D eigenvalue weighted by Crippen LogP contribution is 2.30. The van der Waals surface area contributed by atoms with Gasteiger partial charge >= 0.3 is 5.97 Å². The van der Waals surface area contributed by atoms with E-state index in [0.29, 0.717) is 5.75 Å². The summed E-state index contributed by atoms with van der Waals surface area (Å²) in [4.78, 5) is 10.9. The maximum atomic E-state index is 10.9. The molecule has 0 bridgehead atoms. The van der Waals surface area contributed by atoms with Gasteiger partial charge in [-0.3, -0.25) is 4.79 Å². The third-order valence-electron chi connectivity index (χ3n) is 2.06. The summed E-state index contributed by atoms with van der Waals surface area (Å²) in [6.45, 7) is 3.44. The van der Waals surface area contributed by atoms with Gasteiger partial charge in [-0.25, -0.2) is 0 Å². The summed E-state index contributed by atoms with van der Waals surface area (Å²) in [5.41, 5.74) is 1.12. The second-order valence-electron chi connectivity index (χ2n) is 3.70. The highest BCUT2D eigenvalue weighted by molar-refractivity contribution is 9.10. The molecule has 0 atom stereocenters. The fourth-order valence-electron chi connectivity index (χ4n) is 0.935. The van der Waals surface area contributed by atoms with Crippen LogP contribution in [0.15, 0.2) is 28.7 Å². The molecule has 0 fully saturated rings. The molecule has 0 aromatic heterocycles. The van der Waals surface area contributed by atoms with E-state index in [4.69, 9.17) is 5.11 Å². The van der Waals surface area contributed by atoms with Crippen LogP contribution in [0, 0.1) is 0 Å². The lowest BCUT2D eigenvalue weighted by molar-refractivity contribution is -0.138. The Bertz CT molecular complexity index is 363. The molecule has 1 rings (SSSR count). The lowest BCUT2D eigenvalue weighted by Gasteiger charge is -2.18. The van der Waals surface area contributed by atoms with E-state index in [1.54, 1.807) is 13.8 Å². The Hall–Kier alpha value is -0.480. The first-order valence-electron chi connectivity index (χ1n) is 4.54. The molecule has 0 unspecified atom stereocenters. The van der Waals surface area contributed by atoms with Crippen molar-refractivity contribution in [3.63, 3.8) is 0 Å². The molecule has 0 aliphatic rings. The number of hydrogen-bond acceptors (Lipinski definition) is 2. The SMILES string of the molecule is CC(C)(SCc1ccccc1Br)C(=O)O. The zero-order valence-corrected chi connectivity index (χ0v) is 11.1. The summed E-state index contributed by atoms with van der Waals surface area (Å²) < 4.78 is 0.286. The Morgan fingerprint density at radius 1 is 1.47 bits per heavy atom. The highest BCUT2D eigenvalue weighted by atomic mass is 79.9. The monoisotopic (exact) mass is 288 g/mol. The molecule has 0 aliphatic carbocycles. The van der Waals surface area contributed by atoms with E-state index in [1.165, 1.54) is 11.8 Å². The summed E-state index contributed by atoms with van der Waals surface area (Å²) in [7, 11) is 0. The van der Waals surface area contributed by atoms with Crippen LogP contribution < -0.4 is 0 Å². The molecule has 4 heteroatoms. The molecule has 15 heavy (non-hydrogen) atoms. The number of aliphatic carboxylic acids is 1. The van der Waals surface area contributed by atoms with Crippen LogP contribution in [0.4, 0.5) is 0 Å². The first-order chi connectivity index (χ1) is 6.93. The van der Waals surface area contributed by atoms with Gasteiger partial charge in [0.1, 0.15) is 4.75 Å². The van der Waals surface area contributed by atoms with Gasteiger partial charge in [-0.2, -0.15) is 0 Å². The molecular formula is C11H13BrO2S. The van der Waals surface area contributed by atoms with Gasteiger partial charge in [0.05, 0.1) is 0 Å². The number of carboxylic acid groups (broad SMARTS) is 1. The number of thioether (sulfide) groups is 1. The van der Waals surface area contributed by atoms with Crippen LogP contribution in [0.5, 0.6) is 0 Å². The Labute approximate surface area is 102 Å². The van der Waals surface area contributed by atoms with Crippen molar-refractivity contribution >= 4 is 33.7 Å². The number of carboxylic acids is 1. The molecule has 2 nitrogen and oxygen atoms in total. The first-order valence-corrected chi connectivity index (χ1v) is 6.32. The topological polar surface area (TPSA) is 37.3 Å². The summed E-state index contributed by atoms with van der Waals surface area (Å²) in [6.07, 6.45) is 0. The summed E-state index contributed by atoms with van der Waals surface area (Å²) in [5, 5.41) is 8.96. The molecule has 0 spiro atoms. The Kier molecular flexibility index (Phi) is 4.22. The molecule has 0 radical (unpaired) electrons. The lowest BCUT2D eigenvalue weighted by atomic mass is 10.2. The Balaban J connectivity index is 2.66. The van der Waals surface area contributed by atoms with Gasteiger partial charge in [0.2, 0.25) is 0 Å². The zero-order valence-electron chi connectivity index (χ0n) is 8.66. The highest BCUT2D eigenvalue weighted by Gasteiger charge is 2.27. The van der Waals surface area contributed by atoms with Gasteiger partial charge in [0.15, 0.2) is 0 Å². The third kappa shape index (κ3) is 3.54. The van der Waals surface area contributed by atoms with Crippen molar-refractivity contribution in [2.24, 2.45) is 0 Å². The molecule has 0 amide bonds. The normalized spacial score (nSPS) is 11.4. The Morgan fingerprint density at radius 2 is 2.07 bits per heavy atom. The molecule has 0 saturated carbocycles. The van der Waals surface area contributed by atoms with E-state index in [1.807, 2.05) is 24.3 Å². The van der Waals surface area contributed by atoms with Gasteiger partial charge in [0.25, 0.3) is 0 Å². The lowest BCUT2D eigenvalue weighted by Crippen LogP contribution is -2.27. The van der Waals surface area contributed by atoms with Crippen LogP contribution in [0.2, 0.25) is 0 Å². The Morgan fingerprint density at radius 3 is 2.60 bits per heavy atom. The van der Waals surface area contributed by atoms with Crippen LogP contribution in [0.25, 0.3) is 0 Å². The van der Waals surface area contributed by atoms with Crippen molar-refractivity contribution in [2.45, 2.75) is 24.3 Å². The van der Waals surface area contributed by atoms with E-state index < -0.39 is 10.7 Å². The zero-order chi connectivity index (χ0) is 11.5. The second kappa shape index (κ2) is 5.03. The number of benzene rings is 1. The largest absolute Gasteiger partial charge is 0.480 e. The van der Waals surface area contributed by atoms with Crippen molar-refractivity contribution in [2.75, 3.05) is 0 Å². The van der Waals surface area contributed by atoms with Crippen LogP contribution >= 0.6 is 27.7 Å². The molecule has 0 aliphatic heterocycles. The fraction of sp³-hybridized carbons (Fsp3) is 0.364. The van der Waals surface area contributed by atoms with Crippen LogP contribution in [-0.2, 0) is 10.5 Å². The molecule has 0 heterocycles. The van der Waals surface area contributed by atoms with Gasteiger partial charge in [0, 0.05) is 10.2 Å². The van der Waals surface area contributed by atoms with Crippen LogP contribution in [0.1, 0.15) is 19.4 Å². The summed E-state index contributed by atoms with van der Waals surface area (Å²) >= 11 is 4.86. The molecule has 0 saturated heterocycles. The van der Waals surface area contributed by atoms with Gasteiger partial charge in [-0.05, 0) is 25.5 Å². The van der Waals surface area contributed by atoms with Crippen LogP contribution in [0.3, 0.4) is 0 Å². The van der Waals surface area contributed by atoms with E-state index in [9.17, 15) is 4.79 Å². The number of halogens is 1. The quantitative estimate of drug-likeness (QED) is 0.921. The predicted molar refractivity (Wildman–Crippen MR) is 67.2 cm³/mol.